The molecule has 0 radical (unpaired) electrons. The molecule has 1 aliphatic rings. The standard InChI is InChI=1S/C18H24N2O3/c1-18(2,3)23-17(22)20-11-8-14(9-12-20)6-7-16(21)15-5-4-10-19-13-15/h4-7,10,13-14H,8-9,11-12H2,1-3H3/b7-6+. The minimum Gasteiger partial charge on any atom is -0.444 e. The fourth-order valence-corrected chi connectivity index (χ4v) is 2.43. The molecule has 1 saturated heterocycles. The van der Waals surface area contributed by atoms with E-state index in [1.807, 2.05) is 26.8 Å². The zero-order chi connectivity index (χ0) is 16.9. The van der Waals surface area contributed by atoms with E-state index in [-0.39, 0.29) is 11.9 Å². The summed E-state index contributed by atoms with van der Waals surface area (Å²) in [6.07, 6.45) is 8.20. The smallest absolute Gasteiger partial charge is 0.410 e. The molecule has 1 fully saturated rings. The lowest BCUT2D eigenvalue weighted by atomic mass is 9.96. The van der Waals surface area contributed by atoms with Gasteiger partial charge in [-0.1, -0.05) is 6.08 Å². The molecule has 5 heteroatoms. The van der Waals surface area contributed by atoms with Crippen molar-refractivity contribution in [2.45, 2.75) is 39.2 Å². The molecule has 0 aliphatic carbocycles. The van der Waals surface area contributed by atoms with Crippen molar-refractivity contribution in [2.24, 2.45) is 5.92 Å². The van der Waals surface area contributed by atoms with E-state index >= 15 is 0 Å². The van der Waals surface area contributed by atoms with Crippen molar-refractivity contribution in [3.63, 3.8) is 0 Å². The zero-order valence-corrected chi connectivity index (χ0v) is 14.0. The Hall–Kier alpha value is -2.17. The van der Waals surface area contributed by atoms with Gasteiger partial charge in [0.2, 0.25) is 0 Å². The minimum absolute atomic E-state index is 0.0346. The van der Waals surface area contributed by atoms with Gasteiger partial charge in [0.1, 0.15) is 5.60 Å². The predicted molar refractivity (Wildman–Crippen MR) is 88.2 cm³/mol. The van der Waals surface area contributed by atoms with E-state index in [1.165, 1.54) is 0 Å². The molecule has 2 rings (SSSR count). The van der Waals surface area contributed by atoms with Gasteiger partial charge >= 0.3 is 6.09 Å². The minimum atomic E-state index is -0.468. The van der Waals surface area contributed by atoms with Crippen molar-refractivity contribution in [3.8, 4) is 0 Å². The first-order valence-electron chi connectivity index (χ1n) is 7.95. The van der Waals surface area contributed by atoms with Crippen molar-refractivity contribution in [1.29, 1.82) is 0 Å². The largest absolute Gasteiger partial charge is 0.444 e. The van der Waals surface area contributed by atoms with Crippen LogP contribution in [0.25, 0.3) is 0 Å². The number of amides is 1. The Morgan fingerprint density at radius 2 is 2.00 bits per heavy atom. The van der Waals surface area contributed by atoms with Crippen LogP contribution >= 0.6 is 0 Å². The maximum atomic E-state index is 12.0. The second kappa shape index (κ2) is 7.40. The summed E-state index contributed by atoms with van der Waals surface area (Å²) in [5.74, 6) is 0.280. The number of carbonyl (C=O) groups is 2. The first kappa shape index (κ1) is 17.2. The molecular weight excluding hydrogens is 292 g/mol. The third-order valence-corrected chi connectivity index (χ3v) is 3.66. The van der Waals surface area contributed by atoms with E-state index in [1.54, 1.807) is 35.5 Å². The number of aromatic nitrogens is 1. The van der Waals surface area contributed by atoms with Crippen LogP contribution in [0.1, 0.15) is 44.0 Å². The normalized spacial score (nSPS) is 16.6. The molecule has 1 aliphatic heterocycles. The van der Waals surface area contributed by atoms with Crippen LogP contribution in [-0.2, 0) is 4.74 Å². The highest BCUT2D eigenvalue weighted by Crippen LogP contribution is 2.20. The van der Waals surface area contributed by atoms with Crippen LogP contribution in [0.2, 0.25) is 0 Å². The molecule has 124 valence electrons. The average molecular weight is 316 g/mol. The van der Waals surface area contributed by atoms with E-state index in [4.69, 9.17) is 4.74 Å². The molecule has 1 aromatic rings. The first-order valence-corrected chi connectivity index (χ1v) is 7.95. The number of rotatable bonds is 3. The van der Waals surface area contributed by atoms with Gasteiger partial charge in [0.05, 0.1) is 0 Å². The summed E-state index contributed by atoms with van der Waals surface area (Å²) in [4.78, 5) is 29.7. The van der Waals surface area contributed by atoms with Crippen LogP contribution in [0.4, 0.5) is 4.79 Å². The van der Waals surface area contributed by atoms with Gasteiger partial charge in [-0.15, -0.1) is 0 Å². The molecule has 0 atom stereocenters. The molecule has 5 nitrogen and oxygen atoms in total. The maximum Gasteiger partial charge on any atom is 0.410 e. The Morgan fingerprint density at radius 1 is 1.30 bits per heavy atom. The fourth-order valence-electron chi connectivity index (χ4n) is 2.43. The highest BCUT2D eigenvalue weighted by Gasteiger charge is 2.25. The van der Waals surface area contributed by atoms with Crippen LogP contribution in [0.15, 0.2) is 36.7 Å². The topological polar surface area (TPSA) is 59.5 Å². The molecule has 1 amide bonds. The summed E-state index contributed by atoms with van der Waals surface area (Å²) >= 11 is 0. The number of likely N-dealkylation sites (tertiary alicyclic amines) is 1. The summed E-state index contributed by atoms with van der Waals surface area (Å²) in [6, 6.07) is 3.51. The second-order valence-electron chi connectivity index (χ2n) is 6.77. The number of pyridine rings is 1. The van der Waals surface area contributed by atoms with Crippen LogP contribution in [0, 0.1) is 5.92 Å². The molecule has 0 spiro atoms. The lowest BCUT2D eigenvalue weighted by Crippen LogP contribution is -2.41. The number of nitrogens with zero attached hydrogens (tertiary/aromatic N) is 2. The lowest BCUT2D eigenvalue weighted by molar-refractivity contribution is 0.0197. The molecule has 0 unspecified atom stereocenters. The maximum absolute atomic E-state index is 12.0. The molecule has 0 aromatic carbocycles. The van der Waals surface area contributed by atoms with Crippen molar-refractivity contribution < 1.29 is 14.3 Å². The number of piperidine rings is 1. The van der Waals surface area contributed by atoms with E-state index in [2.05, 4.69) is 4.98 Å². The number of ether oxygens (including phenoxy) is 1. The molecule has 0 saturated carbocycles. The predicted octanol–water partition coefficient (Wildman–Crippen LogP) is 3.47. The van der Waals surface area contributed by atoms with Gasteiger partial charge in [-0.05, 0) is 57.7 Å². The first-order chi connectivity index (χ1) is 10.8. The SMILES string of the molecule is CC(C)(C)OC(=O)N1CCC(/C=C/C(=O)c2cccnc2)CC1. The highest BCUT2D eigenvalue weighted by atomic mass is 16.6. The van der Waals surface area contributed by atoms with Gasteiger partial charge in [0.25, 0.3) is 0 Å². The summed E-state index contributed by atoms with van der Waals surface area (Å²) < 4.78 is 5.38. The number of hydrogen-bond donors (Lipinski definition) is 0. The van der Waals surface area contributed by atoms with Crippen molar-refractivity contribution in [3.05, 3.63) is 42.2 Å². The zero-order valence-electron chi connectivity index (χ0n) is 14.0. The van der Waals surface area contributed by atoms with E-state index < -0.39 is 5.60 Å². The molecule has 23 heavy (non-hydrogen) atoms. The van der Waals surface area contributed by atoms with E-state index in [9.17, 15) is 9.59 Å². The van der Waals surface area contributed by atoms with Gasteiger partial charge < -0.3 is 9.64 Å². The second-order valence-corrected chi connectivity index (χ2v) is 6.77. The van der Waals surface area contributed by atoms with E-state index in [0.717, 1.165) is 12.8 Å². The quantitative estimate of drug-likeness (QED) is 0.633. The number of carbonyl (C=O) groups excluding carboxylic acids is 2. The molecule has 2 heterocycles. The molecule has 0 bridgehead atoms. The number of ketones is 1. The van der Waals surface area contributed by atoms with Gasteiger partial charge in [-0.3, -0.25) is 9.78 Å². The Kier molecular flexibility index (Phi) is 5.53. The Bertz CT molecular complexity index is 568. The Labute approximate surface area is 137 Å². The number of allylic oxidation sites excluding steroid dienone is 2. The summed E-state index contributed by atoms with van der Waals surface area (Å²) in [5.41, 5.74) is 0.124. The summed E-state index contributed by atoms with van der Waals surface area (Å²) in [7, 11) is 0. The van der Waals surface area contributed by atoms with Crippen LogP contribution in [0.5, 0.6) is 0 Å². The van der Waals surface area contributed by atoms with Gasteiger partial charge in [-0.2, -0.15) is 0 Å². The summed E-state index contributed by atoms with van der Waals surface area (Å²) in [6.45, 7) is 6.91. The Morgan fingerprint density at radius 3 is 2.57 bits per heavy atom. The summed E-state index contributed by atoms with van der Waals surface area (Å²) in [5, 5.41) is 0. The highest BCUT2D eigenvalue weighted by molar-refractivity contribution is 6.04. The van der Waals surface area contributed by atoms with Gasteiger partial charge in [-0.25, -0.2) is 4.79 Å². The molecular formula is C18H24N2O3. The third-order valence-electron chi connectivity index (χ3n) is 3.66. The van der Waals surface area contributed by atoms with Crippen LogP contribution in [0.3, 0.4) is 0 Å². The fraction of sp³-hybridized carbons (Fsp3) is 0.500. The average Bonchev–Trinajstić information content (AvgIpc) is 2.52. The lowest BCUT2D eigenvalue weighted by Gasteiger charge is -2.32. The van der Waals surface area contributed by atoms with Crippen LogP contribution in [-0.4, -0.2) is 40.5 Å². The van der Waals surface area contributed by atoms with Crippen molar-refractivity contribution in [1.82, 2.24) is 9.88 Å². The van der Waals surface area contributed by atoms with Crippen molar-refractivity contribution >= 4 is 11.9 Å². The molecule has 1 aromatic heterocycles. The molecule has 0 N–H and O–H groups in total. The van der Waals surface area contributed by atoms with E-state index in [0.29, 0.717) is 24.6 Å². The van der Waals surface area contributed by atoms with Gasteiger partial charge in [0.15, 0.2) is 5.78 Å². The van der Waals surface area contributed by atoms with Gasteiger partial charge in [0, 0.05) is 31.0 Å². The third kappa shape index (κ3) is 5.51. The number of hydrogen-bond acceptors (Lipinski definition) is 4. The van der Waals surface area contributed by atoms with Crippen LogP contribution < -0.4 is 0 Å². The monoisotopic (exact) mass is 316 g/mol. The Balaban J connectivity index is 1.82. The van der Waals surface area contributed by atoms with Crippen molar-refractivity contribution in [2.75, 3.05) is 13.1 Å².